The molecule has 0 aliphatic carbocycles. The molecule has 130 valence electrons. The van der Waals surface area contributed by atoms with Crippen molar-refractivity contribution in [2.45, 2.75) is 39.5 Å². The second kappa shape index (κ2) is 9.29. The van der Waals surface area contributed by atoms with Crippen LogP contribution in [0.15, 0.2) is 30.3 Å². The van der Waals surface area contributed by atoms with Gasteiger partial charge in [0.2, 0.25) is 5.91 Å². The van der Waals surface area contributed by atoms with Crippen LogP contribution in [0.2, 0.25) is 0 Å². The number of benzene rings is 1. The van der Waals surface area contributed by atoms with Crippen molar-refractivity contribution in [1.29, 1.82) is 0 Å². The highest BCUT2D eigenvalue weighted by Gasteiger charge is 2.35. The zero-order valence-corrected chi connectivity index (χ0v) is 15.4. The van der Waals surface area contributed by atoms with Gasteiger partial charge in [-0.25, -0.2) is 0 Å². The van der Waals surface area contributed by atoms with Gasteiger partial charge in [0.05, 0.1) is 0 Å². The number of carbonyl (C=O) groups is 1. The van der Waals surface area contributed by atoms with E-state index in [1.54, 1.807) is 0 Å². The Bertz CT molecular complexity index is 478. The van der Waals surface area contributed by atoms with Gasteiger partial charge in [-0.3, -0.25) is 4.79 Å². The van der Waals surface area contributed by atoms with Crippen molar-refractivity contribution in [3.63, 3.8) is 0 Å². The van der Waals surface area contributed by atoms with E-state index in [2.05, 4.69) is 45.0 Å². The number of nitrogens with two attached hydrogens (primary N) is 1. The molecule has 1 amide bonds. The molecule has 0 spiro atoms. The third-order valence-electron chi connectivity index (χ3n) is 5.23. The summed E-state index contributed by atoms with van der Waals surface area (Å²) in [4.78, 5) is 14.7. The van der Waals surface area contributed by atoms with Gasteiger partial charge in [-0.2, -0.15) is 0 Å². The van der Waals surface area contributed by atoms with Crippen LogP contribution >= 0.6 is 12.4 Å². The molecule has 1 heterocycles. The number of halogens is 1. The number of hydrogen-bond donors (Lipinski definition) is 1. The van der Waals surface area contributed by atoms with Gasteiger partial charge in [-0.15, -0.1) is 12.4 Å². The number of carbonyl (C=O) groups excluding carboxylic acids is 1. The molecule has 1 aromatic rings. The summed E-state index contributed by atoms with van der Waals surface area (Å²) in [6.07, 6.45) is 1.74. The molecule has 1 saturated heterocycles. The van der Waals surface area contributed by atoms with Crippen LogP contribution in [0.1, 0.15) is 45.1 Å². The molecule has 0 radical (unpaired) electrons. The minimum absolute atomic E-state index is 0. The van der Waals surface area contributed by atoms with E-state index in [0.717, 1.165) is 19.5 Å². The SMILES string of the molecule is CCC(CC(=O)N1C[C@@H](CN)[C@H](c2ccccc2)C1)C(C)C.Cl. The third-order valence-corrected chi connectivity index (χ3v) is 5.23. The predicted octanol–water partition coefficient (Wildman–Crippen LogP) is 3.68. The van der Waals surface area contributed by atoms with Crippen molar-refractivity contribution >= 4 is 18.3 Å². The minimum Gasteiger partial charge on any atom is -0.342 e. The Kier molecular flexibility index (Phi) is 8.07. The number of hydrogen-bond acceptors (Lipinski definition) is 2. The molecular formula is C19H31ClN2O. The van der Waals surface area contributed by atoms with Crippen LogP contribution in [0.5, 0.6) is 0 Å². The van der Waals surface area contributed by atoms with Crippen molar-refractivity contribution in [3.8, 4) is 0 Å². The lowest BCUT2D eigenvalue weighted by Gasteiger charge is -2.23. The van der Waals surface area contributed by atoms with Crippen molar-refractivity contribution < 1.29 is 4.79 Å². The smallest absolute Gasteiger partial charge is 0.222 e. The molecule has 0 aromatic heterocycles. The van der Waals surface area contributed by atoms with Gasteiger partial charge in [0.15, 0.2) is 0 Å². The second-order valence-electron chi connectivity index (χ2n) is 6.93. The number of rotatable bonds is 6. The largest absolute Gasteiger partial charge is 0.342 e. The van der Waals surface area contributed by atoms with Gasteiger partial charge in [-0.1, -0.05) is 57.5 Å². The molecule has 1 aliphatic heterocycles. The molecule has 23 heavy (non-hydrogen) atoms. The summed E-state index contributed by atoms with van der Waals surface area (Å²) in [6, 6.07) is 10.5. The maximum absolute atomic E-state index is 12.6. The normalized spacial score (nSPS) is 22.0. The minimum atomic E-state index is 0. The average molecular weight is 339 g/mol. The predicted molar refractivity (Wildman–Crippen MR) is 98.8 cm³/mol. The van der Waals surface area contributed by atoms with Gasteiger partial charge in [0, 0.05) is 25.4 Å². The Morgan fingerprint density at radius 1 is 1.26 bits per heavy atom. The van der Waals surface area contributed by atoms with Crippen LogP contribution in [0.3, 0.4) is 0 Å². The maximum Gasteiger partial charge on any atom is 0.222 e. The van der Waals surface area contributed by atoms with Gasteiger partial charge in [0.25, 0.3) is 0 Å². The molecule has 0 bridgehead atoms. The molecule has 0 saturated carbocycles. The van der Waals surface area contributed by atoms with Crippen molar-refractivity contribution in [1.82, 2.24) is 4.90 Å². The Morgan fingerprint density at radius 3 is 2.43 bits per heavy atom. The molecule has 4 heteroatoms. The highest BCUT2D eigenvalue weighted by molar-refractivity contribution is 5.85. The fraction of sp³-hybridized carbons (Fsp3) is 0.632. The summed E-state index contributed by atoms with van der Waals surface area (Å²) < 4.78 is 0. The Balaban J connectivity index is 0.00000264. The fourth-order valence-electron chi connectivity index (χ4n) is 3.60. The van der Waals surface area contributed by atoms with Crippen LogP contribution in [-0.2, 0) is 4.79 Å². The summed E-state index contributed by atoms with van der Waals surface area (Å²) in [5.74, 6) is 2.11. The summed E-state index contributed by atoms with van der Waals surface area (Å²) >= 11 is 0. The first-order valence-electron chi connectivity index (χ1n) is 8.59. The van der Waals surface area contributed by atoms with Gasteiger partial charge < -0.3 is 10.6 Å². The van der Waals surface area contributed by atoms with E-state index < -0.39 is 0 Å². The van der Waals surface area contributed by atoms with Crippen molar-refractivity contribution in [2.75, 3.05) is 19.6 Å². The van der Waals surface area contributed by atoms with Gasteiger partial charge in [-0.05, 0) is 29.9 Å². The Morgan fingerprint density at radius 2 is 1.91 bits per heavy atom. The highest BCUT2D eigenvalue weighted by atomic mass is 35.5. The lowest BCUT2D eigenvalue weighted by molar-refractivity contribution is -0.131. The zero-order valence-electron chi connectivity index (χ0n) is 14.6. The lowest BCUT2D eigenvalue weighted by atomic mass is 9.89. The monoisotopic (exact) mass is 338 g/mol. The number of amides is 1. The molecule has 1 aliphatic rings. The molecule has 1 aromatic carbocycles. The zero-order chi connectivity index (χ0) is 16.1. The molecule has 3 atom stereocenters. The molecule has 1 unspecified atom stereocenters. The van der Waals surface area contributed by atoms with Gasteiger partial charge in [0.1, 0.15) is 0 Å². The molecular weight excluding hydrogens is 308 g/mol. The van der Waals surface area contributed by atoms with E-state index in [-0.39, 0.29) is 12.4 Å². The number of nitrogens with zero attached hydrogens (tertiary/aromatic N) is 1. The Hall–Kier alpha value is -1.06. The summed E-state index contributed by atoms with van der Waals surface area (Å²) in [6.45, 7) is 8.87. The van der Waals surface area contributed by atoms with Crippen LogP contribution < -0.4 is 5.73 Å². The van der Waals surface area contributed by atoms with Crippen molar-refractivity contribution in [3.05, 3.63) is 35.9 Å². The van der Waals surface area contributed by atoms with Crippen LogP contribution in [0.4, 0.5) is 0 Å². The first kappa shape index (κ1) is 20.0. The van der Waals surface area contributed by atoms with E-state index in [1.165, 1.54) is 5.56 Å². The first-order chi connectivity index (χ1) is 10.6. The summed E-state index contributed by atoms with van der Waals surface area (Å²) in [7, 11) is 0. The topological polar surface area (TPSA) is 46.3 Å². The standard InChI is InChI=1S/C19H30N2O.ClH/c1-4-15(14(2)3)10-19(22)21-12-17(11-20)18(13-21)16-8-6-5-7-9-16;/h5-9,14-15,17-18H,4,10-13,20H2,1-3H3;1H/t15?,17-,18+;/m1./s1. The average Bonchev–Trinajstić information content (AvgIpc) is 2.97. The van der Waals surface area contributed by atoms with Crippen LogP contribution in [0, 0.1) is 17.8 Å². The number of likely N-dealkylation sites (tertiary alicyclic amines) is 1. The quantitative estimate of drug-likeness (QED) is 0.860. The summed E-state index contributed by atoms with van der Waals surface area (Å²) in [5, 5.41) is 0. The first-order valence-corrected chi connectivity index (χ1v) is 8.59. The van der Waals surface area contributed by atoms with Gasteiger partial charge >= 0.3 is 0 Å². The van der Waals surface area contributed by atoms with E-state index in [0.29, 0.717) is 42.5 Å². The summed E-state index contributed by atoms with van der Waals surface area (Å²) in [5.41, 5.74) is 7.27. The van der Waals surface area contributed by atoms with Crippen LogP contribution in [0.25, 0.3) is 0 Å². The third kappa shape index (κ3) is 4.95. The molecule has 2 N–H and O–H groups in total. The van der Waals surface area contributed by atoms with Crippen LogP contribution in [-0.4, -0.2) is 30.4 Å². The molecule has 3 nitrogen and oxygen atoms in total. The Labute approximate surface area is 147 Å². The van der Waals surface area contributed by atoms with E-state index in [1.807, 2.05) is 11.0 Å². The highest BCUT2D eigenvalue weighted by Crippen LogP contribution is 2.33. The maximum atomic E-state index is 12.6. The second-order valence-corrected chi connectivity index (χ2v) is 6.93. The molecule has 2 rings (SSSR count). The van der Waals surface area contributed by atoms with Crippen molar-refractivity contribution in [2.24, 2.45) is 23.5 Å². The fourth-order valence-corrected chi connectivity index (χ4v) is 3.60. The van der Waals surface area contributed by atoms with E-state index in [9.17, 15) is 4.79 Å². The lowest BCUT2D eigenvalue weighted by Crippen LogP contribution is -2.32. The molecule has 1 fully saturated rings. The van der Waals surface area contributed by atoms with E-state index in [4.69, 9.17) is 5.73 Å². The van der Waals surface area contributed by atoms with E-state index >= 15 is 0 Å².